The predicted molar refractivity (Wildman–Crippen MR) is 85.0 cm³/mol. The fourth-order valence-corrected chi connectivity index (χ4v) is 2.88. The molecule has 1 heterocycles. The van der Waals surface area contributed by atoms with E-state index in [1.165, 1.54) is 23.8 Å². The van der Waals surface area contributed by atoms with Crippen LogP contribution in [-0.2, 0) is 4.79 Å². The molecule has 1 saturated heterocycles. The van der Waals surface area contributed by atoms with Gasteiger partial charge in [-0.2, -0.15) is 5.26 Å². The third-order valence-corrected chi connectivity index (χ3v) is 4.25. The van der Waals surface area contributed by atoms with Crippen molar-refractivity contribution in [3.63, 3.8) is 0 Å². The van der Waals surface area contributed by atoms with Crippen LogP contribution in [0.25, 0.3) is 6.08 Å². The van der Waals surface area contributed by atoms with Crippen LogP contribution in [0.3, 0.4) is 0 Å². The van der Waals surface area contributed by atoms with Gasteiger partial charge in [0.15, 0.2) is 18.1 Å². The molecule has 5 nitrogen and oxygen atoms in total. The highest BCUT2D eigenvalue weighted by molar-refractivity contribution is 8.26. The van der Waals surface area contributed by atoms with Gasteiger partial charge in [-0.05, 0) is 23.8 Å². The summed E-state index contributed by atoms with van der Waals surface area (Å²) >= 11 is 6.34. The topological polar surface area (TPSA) is 62.6 Å². The Labute approximate surface area is 132 Å². The monoisotopic (exact) mass is 320 g/mol. The van der Waals surface area contributed by atoms with Gasteiger partial charge in [-0.25, -0.2) is 0 Å². The summed E-state index contributed by atoms with van der Waals surface area (Å²) < 4.78 is 11.0. The first-order valence-electron chi connectivity index (χ1n) is 5.96. The van der Waals surface area contributed by atoms with Crippen molar-refractivity contribution < 1.29 is 14.3 Å². The maximum absolute atomic E-state index is 11.9. The minimum absolute atomic E-state index is 0.0514. The van der Waals surface area contributed by atoms with Crippen LogP contribution in [0.2, 0.25) is 0 Å². The van der Waals surface area contributed by atoms with Crippen molar-refractivity contribution in [3.8, 4) is 17.6 Å². The minimum Gasteiger partial charge on any atom is -0.493 e. The van der Waals surface area contributed by atoms with Crippen molar-refractivity contribution in [1.82, 2.24) is 4.90 Å². The van der Waals surface area contributed by atoms with Crippen molar-refractivity contribution in [1.29, 1.82) is 5.26 Å². The number of carbonyl (C=O) groups is 1. The summed E-state index contributed by atoms with van der Waals surface area (Å²) in [6, 6.07) is 7.14. The van der Waals surface area contributed by atoms with Crippen molar-refractivity contribution in [3.05, 3.63) is 28.7 Å². The van der Waals surface area contributed by atoms with Crippen LogP contribution in [0.1, 0.15) is 5.56 Å². The molecule has 108 valence electrons. The second-order valence-electron chi connectivity index (χ2n) is 4.10. The summed E-state index contributed by atoms with van der Waals surface area (Å²) in [6.45, 7) is -0.0514. The van der Waals surface area contributed by atoms with Gasteiger partial charge in [0.25, 0.3) is 5.91 Å². The molecule has 0 radical (unpaired) electrons. The highest BCUT2D eigenvalue weighted by Crippen LogP contribution is 2.33. The Morgan fingerprint density at radius 2 is 2.24 bits per heavy atom. The molecule has 1 aromatic rings. The predicted octanol–water partition coefficient (Wildman–Crippen LogP) is 2.43. The molecule has 1 aromatic carbocycles. The van der Waals surface area contributed by atoms with Crippen LogP contribution in [0.15, 0.2) is 23.1 Å². The zero-order valence-electron chi connectivity index (χ0n) is 11.5. The largest absolute Gasteiger partial charge is 0.493 e. The maximum atomic E-state index is 11.9. The smallest absolute Gasteiger partial charge is 0.265 e. The molecule has 2 rings (SSSR count). The molecule has 0 spiro atoms. The number of benzene rings is 1. The molecular formula is C14H12N2O3S2. The molecular weight excluding hydrogens is 308 g/mol. The van der Waals surface area contributed by atoms with E-state index in [9.17, 15) is 4.79 Å². The quantitative estimate of drug-likeness (QED) is 0.627. The lowest BCUT2D eigenvalue weighted by Gasteiger charge is -2.09. The second-order valence-corrected chi connectivity index (χ2v) is 5.77. The van der Waals surface area contributed by atoms with E-state index in [-0.39, 0.29) is 12.5 Å². The number of methoxy groups -OCH3 is 1. The van der Waals surface area contributed by atoms with Crippen molar-refractivity contribution in [2.75, 3.05) is 20.8 Å². The molecule has 1 aliphatic heterocycles. The number of hydrogen-bond acceptors (Lipinski definition) is 6. The Bertz CT molecular complexity index is 665. The Balaban J connectivity index is 2.28. The van der Waals surface area contributed by atoms with Crippen LogP contribution in [0.4, 0.5) is 0 Å². The third kappa shape index (κ3) is 3.35. The number of thioether (sulfide) groups is 1. The molecule has 0 bridgehead atoms. The molecule has 0 atom stereocenters. The summed E-state index contributed by atoms with van der Waals surface area (Å²) in [7, 11) is 3.17. The number of amides is 1. The van der Waals surface area contributed by atoms with Crippen molar-refractivity contribution >= 4 is 40.3 Å². The lowest BCUT2D eigenvalue weighted by Crippen LogP contribution is -2.22. The molecule has 0 aromatic heterocycles. The number of rotatable bonds is 4. The van der Waals surface area contributed by atoms with Crippen LogP contribution in [0.5, 0.6) is 11.5 Å². The Hall–Kier alpha value is -2.04. The van der Waals surface area contributed by atoms with Crippen molar-refractivity contribution in [2.24, 2.45) is 0 Å². The van der Waals surface area contributed by atoms with Crippen LogP contribution in [0, 0.1) is 11.3 Å². The van der Waals surface area contributed by atoms with Crippen molar-refractivity contribution in [2.45, 2.75) is 0 Å². The summed E-state index contributed by atoms with van der Waals surface area (Å²) in [4.78, 5) is 13.9. The van der Waals surface area contributed by atoms with E-state index in [0.29, 0.717) is 20.7 Å². The van der Waals surface area contributed by atoms with Gasteiger partial charge in [0.05, 0.1) is 12.0 Å². The lowest BCUT2D eigenvalue weighted by molar-refractivity contribution is -0.121. The highest BCUT2D eigenvalue weighted by Gasteiger charge is 2.28. The van der Waals surface area contributed by atoms with Gasteiger partial charge < -0.3 is 9.47 Å². The zero-order valence-corrected chi connectivity index (χ0v) is 13.1. The zero-order chi connectivity index (χ0) is 15.4. The van der Waals surface area contributed by atoms with Gasteiger partial charge in [0, 0.05) is 7.05 Å². The molecule has 0 aliphatic carbocycles. The molecule has 21 heavy (non-hydrogen) atoms. The average molecular weight is 320 g/mol. The number of ether oxygens (including phenoxy) is 2. The van der Waals surface area contributed by atoms with Gasteiger partial charge in [0.2, 0.25) is 0 Å². The first kappa shape index (κ1) is 15.4. The summed E-state index contributed by atoms with van der Waals surface area (Å²) in [5, 5.41) is 8.53. The van der Waals surface area contributed by atoms with Crippen LogP contribution < -0.4 is 9.47 Å². The van der Waals surface area contributed by atoms with Gasteiger partial charge in [-0.15, -0.1) is 0 Å². The summed E-state index contributed by atoms with van der Waals surface area (Å²) in [6.07, 6.45) is 1.75. The molecule has 7 heteroatoms. The third-order valence-electron chi connectivity index (χ3n) is 2.76. The van der Waals surface area contributed by atoms with E-state index < -0.39 is 0 Å². The number of nitrogens with zero attached hydrogens (tertiary/aromatic N) is 2. The van der Waals surface area contributed by atoms with E-state index in [0.717, 1.165) is 5.56 Å². The molecule has 1 amide bonds. The van der Waals surface area contributed by atoms with E-state index >= 15 is 0 Å². The van der Waals surface area contributed by atoms with Crippen LogP contribution >= 0.6 is 24.0 Å². The number of thiocarbonyl (C=S) groups is 1. The Kier molecular flexibility index (Phi) is 4.83. The molecule has 1 fully saturated rings. The summed E-state index contributed by atoms with van der Waals surface area (Å²) in [5.74, 6) is 0.874. The number of hydrogen-bond donors (Lipinski definition) is 0. The number of likely N-dealkylation sites (N-methyl/N-ethyl adjacent to an activating group) is 1. The van der Waals surface area contributed by atoms with E-state index in [4.69, 9.17) is 27.0 Å². The first-order valence-corrected chi connectivity index (χ1v) is 7.18. The van der Waals surface area contributed by atoms with Crippen LogP contribution in [-0.4, -0.2) is 35.9 Å². The summed E-state index contributed by atoms with van der Waals surface area (Å²) in [5.41, 5.74) is 0.796. The lowest BCUT2D eigenvalue weighted by atomic mass is 10.2. The Morgan fingerprint density at radius 1 is 1.48 bits per heavy atom. The standard InChI is InChI=1S/C14H12N2O3S2/c1-16-13(17)12(21-14(16)20)8-9-3-4-10(19-6-5-15)11(7-9)18-2/h3-4,7-8H,6H2,1-2H3. The molecule has 0 unspecified atom stereocenters. The van der Waals surface area contributed by atoms with Gasteiger partial charge in [-0.3, -0.25) is 9.69 Å². The first-order chi connectivity index (χ1) is 10.1. The van der Waals surface area contributed by atoms with Gasteiger partial charge >= 0.3 is 0 Å². The highest BCUT2D eigenvalue weighted by atomic mass is 32.2. The van der Waals surface area contributed by atoms with Gasteiger partial charge in [-0.1, -0.05) is 30.0 Å². The minimum atomic E-state index is -0.117. The fraction of sp³-hybridized carbons (Fsp3) is 0.214. The molecule has 0 saturated carbocycles. The maximum Gasteiger partial charge on any atom is 0.265 e. The molecule has 0 N–H and O–H groups in total. The molecule has 1 aliphatic rings. The Morgan fingerprint density at radius 3 is 2.81 bits per heavy atom. The van der Waals surface area contributed by atoms with E-state index in [1.54, 1.807) is 31.3 Å². The van der Waals surface area contributed by atoms with Gasteiger partial charge in [0.1, 0.15) is 10.4 Å². The normalized spacial score (nSPS) is 16.2. The fourth-order valence-electron chi connectivity index (χ4n) is 1.70. The van der Waals surface area contributed by atoms with E-state index in [1.807, 2.05) is 6.07 Å². The second kappa shape index (κ2) is 6.61. The number of carbonyl (C=O) groups excluding carboxylic acids is 1. The number of nitriles is 1. The van der Waals surface area contributed by atoms with E-state index in [2.05, 4.69) is 0 Å². The average Bonchev–Trinajstić information content (AvgIpc) is 2.73. The SMILES string of the molecule is COc1cc(C=C2SC(=S)N(C)C2=O)ccc1OCC#N.